The SMILES string of the molecule is COCCN1CCN(S(=O)(=O)c2cccc(Br)c2)CC1. The summed E-state index contributed by atoms with van der Waals surface area (Å²) in [5, 5.41) is 0. The second-order valence-corrected chi connectivity index (χ2v) is 7.55. The molecule has 1 aromatic carbocycles. The van der Waals surface area contributed by atoms with Gasteiger partial charge in [0.1, 0.15) is 0 Å². The van der Waals surface area contributed by atoms with Crippen LogP contribution in [0.4, 0.5) is 0 Å². The summed E-state index contributed by atoms with van der Waals surface area (Å²) in [6, 6.07) is 6.84. The van der Waals surface area contributed by atoms with Gasteiger partial charge < -0.3 is 4.74 Å². The van der Waals surface area contributed by atoms with Crippen molar-refractivity contribution in [1.29, 1.82) is 0 Å². The normalized spacial score (nSPS) is 18.3. The van der Waals surface area contributed by atoms with Crippen LogP contribution in [-0.2, 0) is 14.8 Å². The Balaban J connectivity index is 2.02. The van der Waals surface area contributed by atoms with E-state index in [1.807, 2.05) is 6.07 Å². The van der Waals surface area contributed by atoms with Crippen molar-refractivity contribution in [2.45, 2.75) is 4.90 Å². The third-order valence-electron chi connectivity index (χ3n) is 3.38. The zero-order valence-electron chi connectivity index (χ0n) is 11.5. The number of benzene rings is 1. The average Bonchev–Trinajstić information content (AvgIpc) is 2.45. The van der Waals surface area contributed by atoms with Crippen LogP contribution in [0.1, 0.15) is 0 Å². The summed E-state index contributed by atoms with van der Waals surface area (Å²) in [7, 11) is -1.71. The van der Waals surface area contributed by atoms with Crippen molar-refractivity contribution in [2.24, 2.45) is 0 Å². The highest BCUT2D eigenvalue weighted by atomic mass is 79.9. The maximum atomic E-state index is 12.5. The molecule has 7 heteroatoms. The van der Waals surface area contributed by atoms with Gasteiger partial charge in [-0.15, -0.1) is 0 Å². The van der Waals surface area contributed by atoms with E-state index in [2.05, 4.69) is 20.8 Å². The summed E-state index contributed by atoms with van der Waals surface area (Å²) >= 11 is 3.31. The zero-order valence-corrected chi connectivity index (χ0v) is 13.9. The van der Waals surface area contributed by atoms with Crippen LogP contribution in [0.3, 0.4) is 0 Å². The molecule has 1 fully saturated rings. The third-order valence-corrected chi connectivity index (χ3v) is 5.76. The highest BCUT2D eigenvalue weighted by molar-refractivity contribution is 9.10. The van der Waals surface area contributed by atoms with Crippen LogP contribution in [0.5, 0.6) is 0 Å². The summed E-state index contributed by atoms with van der Waals surface area (Å²) in [4.78, 5) is 2.56. The molecule has 20 heavy (non-hydrogen) atoms. The molecule has 0 atom stereocenters. The largest absolute Gasteiger partial charge is 0.383 e. The summed E-state index contributed by atoms with van der Waals surface area (Å²) < 4.78 is 32.4. The van der Waals surface area contributed by atoms with Gasteiger partial charge in [-0.2, -0.15) is 4.31 Å². The van der Waals surface area contributed by atoms with Crippen LogP contribution in [0.2, 0.25) is 0 Å². The van der Waals surface area contributed by atoms with E-state index < -0.39 is 10.0 Å². The summed E-state index contributed by atoms with van der Waals surface area (Å²) in [5.41, 5.74) is 0. The number of piperazine rings is 1. The van der Waals surface area contributed by atoms with Crippen molar-refractivity contribution in [3.05, 3.63) is 28.7 Å². The van der Waals surface area contributed by atoms with Crippen molar-refractivity contribution in [3.63, 3.8) is 0 Å². The van der Waals surface area contributed by atoms with E-state index in [0.717, 1.165) is 24.1 Å². The molecule has 1 saturated heterocycles. The molecule has 0 N–H and O–H groups in total. The molecule has 0 bridgehead atoms. The molecule has 112 valence electrons. The molecule has 0 spiro atoms. The maximum absolute atomic E-state index is 12.5. The van der Waals surface area contributed by atoms with E-state index >= 15 is 0 Å². The molecule has 2 rings (SSSR count). The van der Waals surface area contributed by atoms with Gasteiger partial charge in [-0.3, -0.25) is 4.90 Å². The van der Waals surface area contributed by atoms with Crippen LogP contribution in [0.25, 0.3) is 0 Å². The first-order valence-electron chi connectivity index (χ1n) is 6.51. The average molecular weight is 363 g/mol. The molecule has 1 aromatic rings. The fraction of sp³-hybridized carbons (Fsp3) is 0.538. The Hall–Kier alpha value is -0.470. The van der Waals surface area contributed by atoms with Crippen molar-refractivity contribution in [3.8, 4) is 0 Å². The lowest BCUT2D eigenvalue weighted by Crippen LogP contribution is -2.49. The number of halogens is 1. The second-order valence-electron chi connectivity index (χ2n) is 4.70. The van der Waals surface area contributed by atoms with Crippen molar-refractivity contribution in [2.75, 3.05) is 46.4 Å². The monoisotopic (exact) mass is 362 g/mol. The van der Waals surface area contributed by atoms with E-state index in [9.17, 15) is 8.42 Å². The Labute approximate surface area is 128 Å². The molecule has 1 aliphatic heterocycles. The molecule has 0 unspecified atom stereocenters. The lowest BCUT2D eigenvalue weighted by Gasteiger charge is -2.33. The highest BCUT2D eigenvalue weighted by Crippen LogP contribution is 2.21. The maximum Gasteiger partial charge on any atom is 0.243 e. The summed E-state index contributed by atoms with van der Waals surface area (Å²) in [5.74, 6) is 0. The number of nitrogens with zero attached hydrogens (tertiary/aromatic N) is 2. The minimum atomic E-state index is -3.38. The topological polar surface area (TPSA) is 49.9 Å². The number of rotatable bonds is 5. The van der Waals surface area contributed by atoms with E-state index in [4.69, 9.17) is 4.74 Å². The van der Waals surface area contributed by atoms with Crippen LogP contribution in [0, 0.1) is 0 Å². The van der Waals surface area contributed by atoms with Gasteiger partial charge in [0.2, 0.25) is 10.0 Å². The lowest BCUT2D eigenvalue weighted by molar-refractivity contribution is 0.123. The first kappa shape index (κ1) is 15.9. The fourth-order valence-corrected chi connectivity index (χ4v) is 4.21. The predicted molar refractivity (Wildman–Crippen MR) is 81.2 cm³/mol. The van der Waals surface area contributed by atoms with Gasteiger partial charge >= 0.3 is 0 Å². The molecule has 0 aliphatic carbocycles. The zero-order chi connectivity index (χ0) is 14.6. The summed E-state index contributed by atoms with van der Waals surface area (Å²) in [6.07, 6.45) is 0. The number of hydrogen-bond acceptors (Lipinski definition) is 4. The molecular formula is C13H19BrN2O3S. The van der Waals surface area contributed by atoms with Crippen molar-refractivity contribution < 1.29 is 13.2 Å². The lowest BCUT2D eigenvalue weighted by atomic mass is 10.3. The molecule has 1 heterocycles. The molecule has 0 aromatic heterocycles. The van der Waals surface area contributed by atoms with Gasteiger partial charge in [0.05, 0.1) is 11.5 Å². The molecule has 5 nitrogen and oxygen atoms in total. The van der Waals surface area contributed by atoms with Gasteiger partial charge in [0, 0.05) is 44.3 Å². The number of ether oxygens (including phenoxy) is 1. The Bertz CT molecular complexity index is 542. The number of sulfonamides is 1. The Morgan fingerprint density at radius 2 is 1.95 bits per heavy atom. The standard InChI is InChI=1S/C13H19BrN2O3S/c1-19-10-9-15-5-7-16(8-6-15)20(17,18)13-4-2-3-12(14)11-13/h2-4,11H,5-10H2,1H3. The number of methoxy groups -OCH3 is 1. The Morgan fingerprint density at radius 1 is 1.25 bits per heavy atom. The Morgan fingerprint density at radius 3 is 2.55 bits per heavy atom. The van der Waals surface area contributed by atoms with E-state index in [1.165, 1.54) is 0 Å². The van der Waals surface area contributed by atoms with Crippen LogP contribution < -0.4 is 0 Å². The van der Waals surface area contributed by atoms with Crippen molar-refractivity contribution >= 4 is 26.0 Å². The minimum absolute atomic E-state index is 0.345. The van der Waals surface area contributed by atoms with Crippen LogP contribution in [0.15, 0.2) is 33.6 Å². The second kappa shape index (κ2) is 7.00. The number of hydrogen-bond donors (Lipinski definition) is 0. The third kappa shape index (κ3) is 3.79. The smallest absolute Gasteiger partial charge is 0.243 e. The fourth-order valence-electron chi connectivity index (χ4n) is 2.19. The van der Waals surface area contributed by atoms with E-state index in [1.54, 1.807) is 29.6 Å². The Kier molecular flexibility index (Phi) is 5.57. The minimum Gasteiger partial charge on any atom is -0.383 e. The van der Waals surface area contributed by atoms with E-state index in [0.29, 0.717) is 24.6 Å². The molecule has 0 amide bonds. The first-order chi connectivity index (χ1) is 9.54. The predicted octanol–water partition coefficient (Wildman–Crippen LogP) is 1.40. The highest BCUT2D eigenvalue weighted by Gasteiger charge is 2.28. The van der Waals surface area contributed by atoms with E-state index in [-0.39, 0.29) is 0 Å². The van der Waals surface area contributed by atoms with Gasteiger partial charge in [0.25, 0.3) is 0 Å². The molecular weight excluding hydrogens is 344 g/mol. The summed E-state index contributed by atoms with van der Waals surface area (Å²) in [6.45, 7) is 4.07. The van der Waals surface area contributed by atoms with Gasteiger partial charge in [-0.05, 0) is 18.2 Å². The van der Waals surface area contributed by atoms with Crippen LogP contribution in [-0.4, -0.2) is 64.1 Å². The molecule has 0 radical (unpaired) electrons. The molecule has 1 aliphatic rings. The van der Waals surface area contributed by atoms with Gasteiger partial charge in [-0.25, -0.2) is 8.42 Å². The van der Waals surface area contributed by atoms with Crippen molar-refractivity contribution in [1.82, 2.24) is 9.21 Å². The quantitative estimate of drug-likeness (QED) is 0.794. The first-order valence-corrected chi connectivity index (χ1v) is 8.74. The van der Waals surface area contributed by atoms with Crippen LogP contribution >= 0.6 is 15.9 Å². The van der Waals surface area contributed by atoms with Gasteiger partial charge in [-0.1, -0.05) is 22.0 Å². The van der Waals surface area contributed by atoms with Gasteiger partial charge in [0.15, 0.2) is 0 Å². The molecule has 0 saturated carbocycles.